The summed E-state index contributed by atoms with van der Waals surface area (Å²) in [5.41, 5.74) is 6.21. The molecule has 0 aromatic carbocycles. The van der Waals surface area contributed by atoms with Gasteiger partial charge in [0.05, 0.1) is 16.9 Å². The lowest BCUT2D eigenvalue weighted by molar-refractivity contribution is 0.358. The summed E-state index contributed by atoms with van der Waals surface area (Å²) in [5, 5.41) is 4.02. The van der Waals surface area contributed by atoms with Crippen LogP contribution in [0.5, 0.6) is 0 Å². The Balaban J connectivity index is 2.02. The van der Waals surface area contributed by atoms with Crippen molar-refractivity contribution in [3.05, 3.63) is 17.3 Å². The van der Waals surface area contributed by atoms with Crippen LogP contribution in [0.1, 0.15) is 32.6 Å². The molecule has 1 aromatic rings. The van der Waals surface area contributed by atoms with Crippen molar-refractivity contribution in [2.45, 2.75) is 38.6 Å². The van der Waals surface area contributed by atoms with Gasteiger partial charge >= 0.3 is 0 Å². The summed E-state index contributed by atoms with van der Waals surface area (Å²) >= 11 is 6.08. The fourth-order valence-electron chi connectivity index (χ4n) is 2.32. The zero-order valence-corrected chi connectivity index (χ0v) is 10.3. The molecule has 88 valence electrons. The van der Waals surface area contributed by atoms with Crippen LogP contribution < -0.4 is 11.1 Å². The minimum atomic E-state index is 0.498. The molecule has 1 aromatic heterocycles. The van der Waals surface area contributed by atoms with E-state index < -0.39 is 0 Å². The fourth-order valence-corrected chi connectivity index (χ4v) is 2.55. The second-order valence-electron chi connectivity index (χ2n) is 4.71. The molecule has 0 aliphatic heterocycles. The molecule has 0 saturated heterocycles. The molecule has 1 aliphatic carbocycles. The summed E-state index contributed by atoms with van der Waals surface area (Å²) in [5.74, 6) is 1.55. The van der Waals surface area contributed by atoms with E-state index in [1.807, 2.05) is 0 Å². The van der Waals surface area contributed by atoms with E-state index in [0.29, 0.717) is 16.8 Å². The van der Waals surface area contributed by atoms with Crippen molar-refractivity contribution in [2.24, 2.45) is 5.92 Å². The number of rotatable bonds is 2. The highest BCUT2D eigenvalue weighted by atomic mass is 35.5. The minimum absolute atomic E-state index is 0.498. The van der Waals surface area contributed by atoms with Gasteiger partial charge in [-0.3, -0.25) is 0 Å². The number of nitrogens with zero attached hydrogens (tertiary/aromatic N) is 1. The van der Waals surface area contributed by atoms with Crippen LogP contribution in [0.3, 0.4) is 0 Å². The topological polar surface area (TPSA) is 50.9 Å². The van der Waals surface area contributed by atoms with Crippen molar-refractivity contribution in [3.8, 4) is 0 Å². The Bertz CT molecular complexity index is 367. The summed E-state index contributed by atoms with van der Waals surface area (Å²) in [6, 6.07) is 2.24. The van der Waals surface area contributed by atoms with E-state index in [1.54, 1.807) is 12.3 Å². The molecule has 2 unspecified atom stereocenters. The van der Waals surface area contributed by atoms with Crippen molar-refractivity contribution in [3.63, 3.8) is 0 Å². The van der Waals surface area contributed by atoms with Crippen molar-refractivity contribution in [1.82, 2.24) is 4.98 Å². The van der Waals surface area contributed by atoms with Crippen molar-refractivity contribution < 1.29 is 0 Å². The quantitative estimate of drug-likeness (QED) is 0.833. The molecule has 1 aliphatic rings. The van der Waals surface area contributed by atoms with Gasteiger partial charge in [0.2, 0.25) is 0 Å². The third-order valence-electron chi connectivity index (χ3n) is 3.14. The average molecular weight is 240 g/mol. The lowest BCUT2D eigenvalue weighted by atomic mass is 9.87. The summed E-state index contributed by atoms with van der Waals surface area (Å²) in [7, 11) is 0. The van der Waals surface area contributed by atoms with Gasteiger partial charge in [-0.05, 0) is 24.8 Å². The van der Waals surface area contributed by atoms with Gasteiger partial charge in [-0.1, -0.05) is 31.4 Å². The molecule has 3 N–H and O–H groups in total. The van der Waals surface area contributed by atoms with Crippen molar-refractivity contribution >= 4 is 23.1 Å². The highest BCUT2D eigenvalue weighted by Crippen LogP contribution is 2.28. The Morgan fingerprint density at radius 1 is 1.50 bits per heavy atom. The van der Waals surface area contributed by atoms with Gasteiger partial charge in [0.25, 0.3) is 0 Å². The van der Waals surface area contributed by atoms with Gasteiger partial charge in [-0.15, -0.1) is 0 Å². The molecular weight excluding hydrogens is 222 g/mol. The SMILES string of the molecule is CC1CCCC(Nc2ncc(N)cc2Cl)C1. The first-order chi connectivity index (χ1) is 7.65. The first-order valence-corrected chi connectivity index (χ1v) is 6.20. The largest absolute Gasteiger partial charge is 0.397 e. The van der Waals surface area contributed by atoms with Crippen LogP contribution in [0.25, 0.3) is 0 Å². The number of aromatic nitrogens is 1. The number of hydrogen-bond acceptors (Lipinski definition) is 3. The van der Waals surface area contributed by atoms with E-state index in [-0.39, 0.29) is 0 Å². The molecule has 3 nitrogen and oxygen atoms in total. The first kappa shape index (κ1) is 11.5. The van der Waals surface area contributed by atoms with Gasteiger partial charge < -0.3 is 11.1 Å². The number of hydrogen-bond donors (Lipinski definition) is 2. The maximum atomic E-state index is 6.08. The van der Waals surface area contributed by atoms with Gasteiger partial charge in [0, 0.05) is 6.04 Å². The second kappa shape index (κ2) is 4.91. The monoisotopic (exact) mass is 239 g/mol. The summed E-state index contributed by atoms with van der Waals surface area (Å²) in [6.45, 7) is 2.30. The Labute approximate surface area is 101 Å². The highest BCUT2D eigenvalue weighted by Gasteiger charge is 2.19. The summed E-state index contributed by atoms with van der Waals surface area (Å²) in [6.07, 6.45) is 6.65. The lowest BCUT2D eigenvalue weighted by Crippen LogP contribution is -2.26. The zero-order chi connectivity index (χ0) is 11.5. The van der Waals surface area contributed by atoms with Crippen LogP contribution in [0.15, 0.2) is 12.3 Å². The normalized spacial score (nSPS) is 25.4. The number of anilines is 2. The molecule has 1 fully saturated rings. The van der Waals surface area contributed by atoms with E-state index in [1.165, 1.54) is 25.7 Å². The molecular formula is C12H18ClN3. The van der Waals surface area contributed by atoms with Gasteiger partial charge in [0.1, 0.15) is 5.82 Å². The van der Waals surface area contributed by atoms with E-state index in [0.717, 1.165) is 11.7 Å². The number of pyridine rings is 1. The summed E-state index contributed by atoms with van der Waals surface area (Å²) < 4.78 is 0. The molecule has 4 heteroatoms. The predicted molar refractivity (Wildman–Crippen MR) is 68.7 cm³/mol. The molecule has 1 saturated carbocycles. The lowest BCUT2D eigenvalue weighted by Gasteiger charge is -2.28. The third kappa shape index (κ3) is 2.79. The Hall–Kier alpha value is -0.960. The number of nitrogens with two attached hydrogens (primary N) is 1. The van der Waals surface area contributed by atoms with Crippen LogP contribution in [0.2, 0.25) is 5.02 Å². The molecule has 0 radical (unpaired) electrons. The zero-order valence-electron chi connectivity index (χ0n) is 9.54. The molecule has 2 rings (SSSR count). The van der Waals surface area contributed by atoms with E-state index in [9.17, 15) is 0 Å². The maximum Gasteiger partial charge on any atom is 0.145 e. The fraction of sp³-hybridized carbons (Fsp3) is 0.583. The minimum Gasteiger partial charge on any atom is -0.397 e. The van der Waals surface area contributed by atoms with Crippen LogP contribution in [-0.4, -0.2) is 11.0 Å². The van der Waals surface area contributed by atoms with E-state index in [4.69, 9.17) is 17.3 Å². The highest BCUT2D eigenvalue weighted by molar-refractivity contribution is 6.33. The maximum absolute atomic E-state index is 6.08. The summed E-state index contributed by atoms with van der Waals surface area (Å²) in [4.78, 5) is 4.23. The van der Waals surface area contributed by atoms with E-state index >= 15 is 0 Å². The van der Waals surface area contributed by atoms with Crippen LogP contribution in [0.4, 0.5) is 11.5 Å². The predicted octanol–water partition coefficient (Wildman–Crippen LogP) is 3.31. The molecule has 0 bridgehead atoms. The number of nitrogen functional groups attached to an aromatic ring is 1. The Kier molecular flexibility index (Phi) is 3.54. The van der Waals surface area contributed by atoms with Gasteiger partial charge in [-0.25, -0.2) is 4.98 Å². The number of nitrogens with one attached hydrogen (secondary N) is 1. The second-order valence-corrected chi connectivity index (χ2v) is 5.12. The van der Waals surface area contributed by atoms with Crippen LogP contribution in [0, 0.1) is 5.92 Å². The van der Waals surface area contributed by atoms with Crippen LogP contribution >= 0.6 is 11.6 Å². The van der Waals surface area contributed by atoms with Crippen molar-refractivity contribution in [2.75, 3.05) is 11.1 Å². The van der Waals surface area contributed by atoms with Crippen LogP contribution in [-0.2, 0) is 0 Å². The molecule has 2 atom stereocenters. The average Bonchev–Trinajstić information content (AvgIpc) is 2.22. The standard InChI is InChI=1S/C12H18ClN3/c1-8-3-2-4-10(5-8)16-12-11(13)6-9(14)7-15-12/h6-8,10H,2-5,14H2,1H3,(H,15,16). The third-order valence-corrected chi connectivity index (χ3v) is 3.43. The first-order valence-electron chi connectivity index (χ1n) is 5.82. The van der Waals surface area contributed by atoms with Gasteiger partial charge in [-0.2, -0.15) is 0 Å². The molecule has 16 heavy (non-hydrogen) atoms. The molecule has 1 heterocycles. The van der Waals surface area contributed by atoms with Gasteiger partial charge in [0.15, 0.2) is 0 Å². The van der Waals surface area contributed by atoms with Crippen molar-refractivity contribution in [1.29, 1.82) is 0 Å². The molecule has 0 amide bonds. The molecule has 0 spiro atoms. The number of halogens is 1. The Morgan fingerprint density at radius 3 is 3.00 bits per heavy atom. The smallest absolute Gasteiger partial charge is 0.145 e. The Morgan fingerprint density at radius 2 is 2.31 bits per heavy atom. The van der Waals surface area contributed by atoms with E-state index in [2.05, 4.69) is 17.2 Å².